The molecule has 0 fully saturated rings. The van der Waals surface area contributed by atoms with Gasteiger partial charge in [0.2, 0.25) is 5.13 Å². The Kier molecular flexibility index (Phi) is 2.97. The van der Waals surface area contributed by atoms with Crippen LogP contribution >= 0.6 is 11.3 Å². The molecule has 1 aromatic carbocycles. The van der Waals surface area contributed by atoms with Crippen LogP contribution in [0, 0.1) is 0 Å². The lowest BCUT2D eigenvalue weighted by atomic mass is 10.1. The molecule has 2 N–H and O–H groups in total. The molecule has 0 atom stereocenters. The molecule has 4 heteroatoms. The molecule has 3 nitrogen and oxygen atoms in total. The number of anilines is 1. The van der Waals surface area contributed by atoms with Crippen LogP contribution in [-0.4, -0.2) is 10.2 Å². The van der Waals surface area contributed by atoms with Crippen LogP contribution in [0.3, 0.4) is 0 Å². The van der Waals surface area contributed by atoms with Gasteiger partial charge < -0.3 is 5.73 Å². The van der Waals surface area contributed by atoms with Gasteiger partial charge in [-0.3, -0.25) is 0 Å². The van der Waals surface area contributed by atoms with Gasteiger partial charge in [0.25, 0.3) is 0 Å². The Labute approximate surface area is 93.0 Å². The monoisotopic (exact) mass is 219 g/mol. The standard InChI is InChI=1S/C11H13N3S/c1-2-8-3-5-9(6-4-8)7-10-13-14-11(12)15-10/h3-6H,2,7H2,1H3,(H2,12,14). The third kappa shape index (κ3) is 2.53. The number of nitrogens with zero attached hydrogens (tertiary/aromatic N) is 2. The van der Waals surface area contributed by atoms with Crippen molar-refractivity contribution in [1.82, 2.24) is 10.2 Å². The van der Waals surface area contributed by atoms with Gasteiger partial charge in [-0.05, 0) is 17.5 Å². The second-order valence-electron chi connectivity index (χ2n) is 3.38. The van der Waals surface area contributed by atoms with Gasteiger partial charge in [-0.2, -0.15) is 0 Å². The molecule has 2 aromatic rings. The van der Waals surface area contributed by atoms with E-state index < -0.39 is 0 Å². The van der Waals surface area contributed by atoms with Gasteiger partial charge in [0, 0.05) is 6.42 Å². The van der Waals surface area contributed by atoms with Gasteiger partial charge >= 0.3 is 0 Å². The zero-order valence-corrected chi connectivity index (χ0v) is 9.42. The highest BCUT2D eigenvalue weighted by Gasteiger charge is 2.02. The maximum absolute atomic E-state index is 5.52. The highest BCUT2D eigenvalue weighted by atomic mass is 32.1. The lowest BCUT2D eigenvalue weighted by molar-refractivity contribution is 1.01. The molecule has 0 unspecified atom stereocenters. The van der Waals surface area contributed by atoms with E-state index in [9.17, 15) is 0 Å². The molecule has 0 amide bonds. The first-order valence-electron chi connectivity index (χ1n) is 4.93. The largest absolute Gasteiger partial charge is 0.374 e. The van der Waals surface area contributed by atoms with Crippen LogP contribution in [0.4, 0.5) is 5.13 Å². The first-order valence-corrected chi connectivity index (χ1v) is 5.75. The predicted molar refractivity (Wildman–Crippen MR) is 62.9 cm³/mol. The van der Waals surface area contributed by atoms with Crippen molar-refractivity contribution in [3.05, 3.63) is 40.4 Å². The zero-order chi connectivity index (χ0) is 10.7. The van der Waals surface area contributed by atoms with Crippen LogP contribution in [0.2, 0.25) is 0 Å². The van der Waals surface area contributed by atoms with Gasteiger partial charge in [0.15, 0.2) is 0 Å². The van der Waals surface area contributed by atoms with Crippen molar-refractivity contribution in [2.45, 2.75) is 19.8 Å². The number of hydrogen-bond donors (Lipinski definition) is 1. The molecular formula is C11H13N3S. The van der Waals surface area contributed by atoms with E-state index >= 15 is 0 Å². The molecule has 0 saturated carbocycles. The molecule has 15 heavy (non-hydrogen) atoms. The second-order valence-corrected chi connectivity index (χ2v) is 4.47. The molecule has 0 radical (unpaired) electrons. The van der Waals surface area contributed by atoms with Crippen molar-refractivity contribution in [2.75, 3.05) is 5.73 Å². The molecule has 0 saturated heterocycles. The Morgan fingerprint density at radius 1 is 1.13 bits per heavy atom. The number of hydrogen-bond acceptors (Lipinski definition) is 4. The first kappa shape index (κ1) is 10.1. The fourth-order valence-corrected chi connectivity index (χ4v) is 2.05. The lowest BCUT2D eigenvalue weighted by Crippen LogP contribution is -1.88. The minimum Gasteiger partial charge on any atom is -0.374 e. The Bertz CT molecular complexity index is 433. The van der Waals surface area contributed by atoms with Crippen molar-refractivity contribution >= 4 is 16.5 Å². The maximum Gasteiger partial charge on any atom is 0.203 e. The van der Waals surface area contributed by atoms with Gasteiger partial charge in [-0.15, -0.1) is 10.2 Å². The summed E-state index contributed by atoms with van der Waals surface area (Å²) in [5.74, 6) is 0. The van der Waals surface area contributed by atoms with E-state index in [1.54, 1.807) is 0 Å². The molecule has 1 heterocycles. The Morgan fingerprint density at radius 2 is 1.80 bits per heavy atom. The van der Waals surface area contributed by atoms with Crippen molar-refractivity contribution < 1.29 is 0 Å². The van der Waals surface area contributed by atoms with Crippen molar-refractivity contribution in [3.63, 3.8) is 0 Å². The second kappa shape index (κ2) is 4.40. The minimum absolute atomic E-state index is 0.537. The van der Waals surface area contributed by atoms with Gasteiger partial charge in [0.05, 0.1) is 0 Å². The lowest BCUT2D eigenvalue weighted by Gasteiger charge is -1.99. The van der Waals surface area contributed by atoms with Crippen LogP contribution in [0.15, 0.2) is 24.3 Å². The van der Waals surface area contributed by atoms with Crippen LogP contribution in [0.25, 0.3) is 0 Å². The average Bonchev–Trinajstić information content (AvgIpc) is 2.65. The highest BCUT2D eigenvalue weighted by molar-refractivity contribution is 7.15. The normalized spacial score (nSPS) is 10.5. The molecule has 1 aromatic heterocycles. The van der Waals surface area contributed by atoms with Gasteiger partial charge in [-0.25, -0.2) is 0 Å². The van der Waals surface area contributed by atoms with Crippen LogP contribution in [-0.2, 0) is 12.8 Å². The molecule has 0 aliphatic rings. The van der Waals surface area contributed by atoms with Crippen LogP contribution in [0.1, 0.15) is 23.1 Å². The fraction of sp³-hybridized carbons (Fsp3) is 0.273. The zero-order valence-electron chi connectivity index (χ0n) is 8.60. The summed E-state index contributed by atoms with van der Waals surface area (Å²) in [6.07, 6.45) is 1.89. The molecule has 0 bridgehead atoms. The van der Waals surface area contributed by atoms with Crippen molar-refractivity contribution in [1.29, 1.82) is 0 Å². The molecule has 0 aliphatic heterocycles. The fourth-order valence-electron chi connectivity index (χ4n) is 1.41. The molecular weight excluding hydrogens is 206 g/mol. The van der Waals surface area contributed by atoms with Crippen molar-refractivity contribution in [2.24, 2.45) is 0 Å². The van der Waals surface area contributed by atoms with Gasteiger partial charge in [0.1, 0.15) is 5.01 Å². The van der Waals surface area contributed by atoms with Crippen molar-refractivity contribution in [3.8, 4) is 0 Å². The van der Waals surface area contributed by atoms with E-state index in [2.05, 4.69) is 41.4 Å². The SMILES string of the molecule is CCc1ccc(Cc2nnc(N)s2)cc1. The topological polar surface area (TPSA) is 51.8 Å². The summed E-state index contributed by atoms with van der Waals surface area (Å²) >= 11 is 1.45. The highest BCUT2D eigenvalue weighted by Crippen LogP contribution is 2.16. The maximum atomic E-state index is 5.52. The summed E-state index contributed by atoms with van der Waals surface area (Å²) in [4.78, 5) is 0. The van der Waals surface area contributed by atoms with Crippen LogP contribution < -0.4 is 5.73 Å². The predicted octanol–water partition coefficient (Wildman–Crippen LogP) is 2.27. The average molecular weight is 219 g/mol. The number of rotatable bonds is 3. The third-order valence-electron chi connectivity index (χ3n) is 2.27. The van der Waals surface area contributed by atoms with E-state index in [0.29, 0.717) is 5.13 Å². The number of nitrogens with two attached hydrogens (primary N) is 1. The summed E-state index contributed by atoms with van der Waals surface area (Å²) in [6, 6.07) is 8.58. The summed E-state index contributed by atoms with van der Waals surface area (Å²) in [5.41, 5.74) is 8.13. The third-order valence-corrected chi connectivity index (χ3v) is 3.02. The molecule has 2 rings (SSSR count). The molecule has 0 aliphatic carbocycles. The summed E-state index contributed by atoms with van der Waals surface area (Å²) in [7, 11) is 0. The van der Waals surface area contributed by atoms with E-state index in [0.717, 1.165) is 17.8 Å². The Balaban J connectivity index is 2.11. The summed E-state index contributed by atoms with van der Waals surface area (Å²) < 4.78 is 0. The van der Waals surface area contributed by atoms with Gasteiger partial charge in [-0.1, -0.05) is 42.5 Å². The van der Waals surface area contributed by atoms with E-state index in [-0.39, 0.29) is 0 Å². The first-order chi connectivity index (χ1) is 7.28. The van der Waals surface area contributed by atoms with E-state index in [4.69, 9.17) is 5.73 Å². The Hall–Kier alpha value is -1.42. The molecule has 0 spiro atoms. The molecule has 78 valence electrons. The van der Waals surface area contributed by atoms with E-state index in [1.807, 2.05) is 0 Å². The Morgan fingerprint density at radius 3 is 2.33 bits per heavy atom. The number of nitrogen functional groups attached to an aromatic ring is 1. The number of aromatic nitrogens is 2. The number of aryl methyl sites for hydroxylation is 1. The van der Waals surface area contributed by atoms with E-state index in [1.165, 1.54) is 22.5 Å². The smallest absolute Gasteiger partial charge is 0.203 e. The number of benzene rings is 1. The van der Waals surface area contributed by atoms with Crippen LogP contribution in [0.5, 0.6) is 0 Å². The summed E-state index contributed by atoms with van der Waals surface area (Å²) in [6.45, 7) is 2.15. The quantitative estimate of drug-likeness (QED) is 0.861. The minimum atomic E-state index is 0.537. The summed E-state index contributed by atoms with van der Waals surface area (Å²) in [5, 5.41) is 9.30.